The zero-order chi connectivity index (χ0) is 15.6. The Bertz CT molecular complexity index is 623. The van der Waals surface area contributed by atoms with Crippen LogP contribution in [0.25, 0.3) is 0 Å². The maximum Gasteiger partial charge on any atom is 0.272 e. The second kappa shape index (κ2) is 6.11. The summed E-state index contributed by atoms with van der Waals surface area (Å²) in [6.45, 7) is 6.32. The van der Waals surface area contributed by atoms with Crippen molar-refractivity contribution in [3.05, 3.63) is 34.5 Å². The van der Waals surface area contributed by atoms with Gasteiger partial charge in [0.2, 0.25) is 0 Å². The molecule has 0 aliphatic heterocycles. The highest BCUT2D eigenvalue weighted by atomic mass is 16.5. The Morgan fingerprint density at radius 2 is 2.14 bits per heavy atom. The van der Waals surface area contributed by atoms with Crippen molar-refractivity contribution in [1.82, 2.24) is 19.8 Å². The number of aromatic nitrogens is 3. The average Bonchev–Trinajstić information content (AvgIpc) is 2.95. The van der Waals surface area contributed by atoms with E-state index in [9.17, 15) is 4.79 Å². The minimum absolute atomic E-state index is 0.0487. The van der Waals surface area contributed by atoms with Crippen LogP contribution in [0.1, 0.15) is 46.5 Å². The predicted octanol–water partition coefficient (Wildman–Crippen LogP) is 2.25. The number of carbonyl (C=O) groups is 1. The lowest BCUT2D eigenvalue weighted by Crippen LogP contribution is -2.28. The summed E-state index contributed by atoms with van der Waals surface area (Å²) in [5.41, 5.74) is 3.34. The van der Waals surface area contributed by atoms with Crippen LogP contribution in [0.3, 0.4) is 0 Å². The normalized spacial score (nSPS) is 10.9. The Labute approximate surface area is 124 Å². The van der Waals surface area contributed by atoms with E-state index in [1.165, 1.54) is 0 Å². The standard InChI is InChI=1S/C15H22N4O2/c1-6-7-12-8-14(19(5)16-12)15(20)18(4)9-13-10(2)17-21-11(13)3/h8H,6-7,9H2,1-5H3. The van der Waals surface area contributed by atoms with Gasteiger partial charge in [0.15, 0.2) is 0 Å². The molecule has 0 spiro atoms. The number of rotatable bonds is 5. The highest BCUT2D eigenvalue weighted by Crippen LogP contribution is 2.16. The number of nitrogens with zero attached hydrogens (tertiary/aromatic N) is 4. The van der Waals surface area contributed by atoms with E-state index in [0.29, 0.717) is 12.2 Å². The molecule has 114 valence electrons. The van der Waals surface area contributed by atoms with Gasteiger partial charge in [0.05, 0.1) is 17.9 Å². The van der Waals surface area contributed by atoms with Gasteiger partial charge in [-0.3, -0.25) is 9.48 Å². The molecule has 6 heteroatoms. The molecule has 0 N–H and O–H groups in total. The average molecular weight is 290 g/mol. The molecule has 2 heterocycles. The molecule has 6 nitrogen and oxygen atoms in total. The first-order valence-corrected chi connectivity index (χ1v) is 7.14. The van der Waals surface area contributed by atoms with Crippen LogP contribution in [0.2, 0.25) is 0 Å². The maximum absolute atomic E-state index is 12.5. The quantitative estimate of drug-likeness (QED) is 0.847. The fraction of sp³-hybridized carbons (Fsp3) is 0.533. The summed E-state index contributed by atoms with van der Waals surface area (Å²) in [5, 5.41) is 8.29. The van der Waals surface area contributed by atoms with Crippen LogP contribution < -0.4 is 0 Å². The monoisotopic (exact) mass is 290 g/mol. The van der Waals surface area contributed by atoms with E-state index in [4.69, 9.17) is 4.52 Å². The summed E-state index contributed by atoms with van der Waals surface area (Å²) in [4.78, 5) is 14.2. The second-order valence-electron chi connectivity index (χ2n) is 5.36. The molecule has 21 heavy (non-hydrogen) atoms. The summed E-state index contributed by atoms with van der Waals surface area (Å²) >= 11 is 0. The lowest BCUT2D eigenvalue weighted by Gasteiger charge is -2.16. The van der Waals surface area contributed by atoms with Crippen molar-refractivity contribution in [2.75, 3.05) is 7.05 Å². The molecule has 0 bridgehead atoms. The van der Waals surface area contributed by atoms with Crippen LogP contribution in [-0.4, -0.2) is 32.8 Å². The highest BCUT2D eigenvalue weighted by Gasteiger charge is 2.20. The fourth-order valence-electron chi connectivity index (χ4n) is 2.34. The smallest absolute Gasteiger partial charge is 0.272 e. The number of carbonyl (C=O) groups excluding carboxylic acids is 1. The molecule has 0 aliphatic carbocycles. The zero-order valence-corrected chi connectivity index (χ0v) is 13.3. The first-order valence-electron chi connectivity index (χ1n) is 7.14. The van der Waals surface area contributed by atoms with Crippen LogP contribution in [0.15, 0.2) is 10.6 Å². The summed E-state index contributed by atoms with van der Waals surface area (Å²) in [6, 6.07) is 1.87. The van der Waals surface area contributed by atoms with Crippen LogP contribution in [0.4, 0.5) is 0 Å². The highest BCUT2D eigenvalue weighted by molar-refractivity contribution is 5.92. The summed E-state index contributed by atoms with van der Waals surface area (Å²) in [5.74, 6) is 0.705. The van der Waals surface area contributed by atoms with Gasteiger partial charge in [0.1, 0.15) is 11.5 Å². The molecule has 0 atom stereocenters. The molecule has 2 aromatic heterocycles. The van der Waals surface area contributed by atoms with Crippen LogP contribution in [0, 0.1) is 13.8 Å². The fourth-order valence-corrected chi connectivity index (χ4v) is 2.34. The second-order valence-corrected chi connectivity index (χ2v) is 5.36. The van der Waals surface area contributed by atoms with Crippen LogP contribution in [0.5, 0.6) is 0 Å². The lowest BCUT2D eigenvalue weighted by molar-refractivity contribution is 0.0773. The third kappa shape index (κ3) is 3.15. The molecule has 2 aromatic rings. The summed E-state index contributed by atoms with van der Waals surface area (Å²) in [6.07, 6.45) is 1.90. The van der Waals surface area contributed by atoms with Crippen molar-refractivity contribution in [3.63, 3.8) is 0 Å². The van der Waals surface area contributed by atoms with E-state index in [0.717, 1.165) is 35.6 Å². The van der Waals surface area contributed by atoms with Crippen LogP contribution >= 0.6 is 0 Å². The molecule has 0 unspecified atom stereocenters. The summed E-state index contributed by atoms with van der Waals surface area (Å²) in [7, 11) is 3.58. The van der Waals surface area contributed by atoms with Crippen molar-refractivity contribution >= 4 is 5.91 Å². The molecule has 0 aliphatic rings. The van der Waals surface area contributed by atoms with E-state index < -0.39 is 0 Å². The third-order valence-electron chi connectivity index (χ3n) is 3.58. The van der Waals surface area contributed by atoms with Gasteiger partial charge in [0.25, 0.3) is 5.91 Å². The Morgan fingerprint density at radius 1 is 1.43 bits per heavy atom. The molecule has 1 amide bonds. The van der Waals surface area contributed by atoms with Gasteiger partial charge in [-0.15, -0.1) is 0 Å². The molecule has 0 saturated carbocycles. The van der Waals surface area contributed by atoms with Gasteiger partial charge in [-0.2, -0.15) is 5.10 Å². The van der Waals surface area contributed by atoms with E-state index in [-0.39, 0.29) is 5.91 Å². The first kappa shape index (κ1) is 15.3. The van der Waals surface area contributed by atoms with Crippen molar-refractivity contribution in [2.45, 2.75) is 40.2 Å². The third-order valence-corrected chi connectivity index (χ3v) is 3.58. The Hall–Kier alpha value is -2.11. The van der Waals surface area contributed by atoms with E-state index >= 15 is 0 Å². The Morgan fingerprint density at radius 3 is 2.71 bits per heavy atom. The Kier molecular flexibility index (Phi) is 4.45. The molecule has 0 aromatic carbocycles. The number of amides is 1. The number of aryl methyl sites for hydroxylation is 4. The minimum atomic E-state index is -0.0487. The number of hydrogen-bond acceptors (Lipinski definition) is 4. The van der Waals surface area contributed by atoms with E-state index in [1.54, 1.807) is 23.7 Å². The zero-order valence-electron chi connectivity index (χ0n) is 13.3. The topological polar surface area (TPSA) is 64.2 Å². The van der Waals surface area contributed by atoms with Gasteiger partial charge in [-0.1, -0.05) is 18.5 Å². The lowest BCUT2D eigenvalue weighted by atomic mass is 10.2. The van der Waals surface area contributed by atoms with Gasteiger partial charge in [-0.05, 0) is 26.3 Å². The van der Waals surface area contributed by atoms with Crippen LogP contribution in [-0.2, 0) is 20.0 Å². The van der Waals surface area contributed by atoms with E-state index in [2.05, 4.69) is 17.2 Å². The molecular formula is C15H22N4O2. The Balaban J connectivity index is 2.16. The van der Waals surface area contributed by atoms with Gasteiger partial charge in [0, 0.05) is 19.7 Å². The maximum atomic E-state index is 12.5. The van der Waals surface area contributed by atoms with Crippen molar-refractivity contribution in [1.29, 1.82) is 0 Å². The molecule has 2 rings (SSSR count). The SMILES string of the molecule is CCCc1cc(C(=O)N(C)Cc2c(C)noc2C)n(C)n1. The van der Waals surface area contributed by atoms with Gasteiger partial charge < -0.3 is 9.42 Å². The van der Waals surface area contributed by atoms with Crippen molar-refractivity contribution < 1.29 is 9.32 Å². The van der Waals surface area contributed by atoms with Crippen molar-refractivity contribution in [2.24, 2.45) is 7.05 Å². The van der Waals surface area contributed by atoms with Gasteiger partial charge in [-0.25, -0.2) is 0 Å². The first-order chi connectivity index (χ1) is 9.93. The number of hydrogen-bond donors (Lipinski definition) is 0. The molecule has 0 saturated heterocycles. The largest absolute Gasteiger partial charge is 0.361 e. The van der Waals surface area contributed by atoms with Gasteiger partial charge >= 0.3 is 0 Å². The summed E-state index contributed by atoms with van der Waals surface area (Å²) < 4.78 is 6.79. The molecule has 0 fully saturated rings. The predicted molar refractivity (Wildman–Crippen MR) is 79.0 cm³/mol. The van der Waals surface area contributed by atoms with E-state index in [1.807, 2.05) is 19.9 Å². The minimum Gasteiger partial charge on any atom is -0.361 e. The van der Waals surface area contributed by atoms with Crippen molar-refractivity contribution in [3.8, 4) is 0 Å². The molecule has 0 radical (unpaired) electrons. The molecular weight excluding hydrogens is 268 g/mol.